The molecule has 0 amide bonds. The Kier molecular flexibility index (Phi) is 5.65. The molecule has 5 heteroatoms. The predicted molar refractivity (Wildman–Crippen MR) is 138 cm³/mol. The molecule has 0 bridgehead atoms. The molecule has 4 aromatic carbocycles. The first-order valence-electron chi connectivity index (χ1n) is 10.8. The molecule has 2 N–H and O–H groups in total. The first kappa shape index (κ1) is 20.6. The third-order valence-electron chi connectivity index (χ3n) is 5.77. The van der Waals surface area contributed by atoms with Crippen molar-refractivity contribution in [3.63, 3.8) is 0 Å². The topological polar surface area (TPSA) is 42.5 Å². The maximum Gasteiger partial charge on any atom is 0.407 e. The number of benzene rings is 4. The van der Waals surface area contributed by atoms with E-state index in [4.69, 9.17) is 9.47 Å². The Bertz CT molecular complexity index is 1340. The van der Waals surface area contributed by atoms with Crippen LogP contribution in [-0.2, 0) is 0 Å². The number of hydrogen-bond acceptors (Lipinski definition) is 4. The predicted octanol–water partition coefficient (Wildman–Crippen LogP) is 5.86. The molecular weight excluding hydrogens is 407 g/mol. The van der Waals surface area contributed by atoms with Crippen molar-refractivity contribution < 1.29 is 9.47 Å². The Balaban J connectivity index is 1.53. The van der Waals surface area contributed by atoms with Gasteiger partial charge in [0.25, 0.3) is 0 Å². The second-order valence-corrected chi connectivity index (χ2v) is 7.76. The lowest BCUT2D eigenvalue weighted by Crippen LogP contribution is -2.38. The molecule has 160 valence electrons. The highest BCUT2D eigenvalue weighted by molar-refractivity contribution is 6.85. The Morgan fingerprint density at radius 3 is 1.91 bits per heavy atom. The summed E-state index contributed by atoms with van der Waals surface area (Å²) in [5, 5.41) is 9.72. The van der Waals surface area contributed by atoms with Crippen LogP contribution in [0, 0.1) is 11.8 Å². The molecule has 0 fully saturated rings. The van der Waals surface area contributed by atoms with Gasteiger partial charge in [-0.1, -0.05) is 48.2 Å². The normalized spacial score (nSPS) is 12.3. The van der Waals surface area contributed by atoms with E-state index in [1.165, 1.54) is 10.8 Å². The fourth-order valence-corrected chi connectivity index (χ4v) is 4.07. The van der Waals surface area contributed by atoms with Gasteiger partial charge in [-0.05, 0) is 71.0 Å². The lowest BCUT2D eigenvalue weighted by atomic mass is 9.62. The lowest BCUT2D eigenvalue weighted by molar-refractivity contribution is 0.414. The molecule has 4 aromatic rings. The molecule has 0 saturated carbocycles. The van der Waals surface area contributed by atoms with Gasteiger partial charge in [-0.25, -0.2) is 0 Å². The van der Waals surface area contributed by atoms with Crippen molar-refractivity contribution in [2.45, 2.75) is 0 Å². The molecule has 0 aliphatic carbocycles. The first-order chi connectivity index (χ1) is 16.2. The van der Waals surface area contributed by atoms with Crippen LogP contribution in [0.3, 0.4) is 0 Å². The Morgan fingerprint density at radius 1 is 0.758 bits per heavy atom. The Morgan fingerprint density at radius 2 is 1.33 bits per heavy atom. The highest BCUT2D eigenvalue weighted by Crippen LogP contribution is 2.36. The van der Waals surface area contributed by atoms with Gasteiger partial charge in [0.1, 0.15) is 11.5 Å². The van der Waals surface area contributed by atoms with Crippen LogP contribution in [0.1, 0.15) is 11.1 Å². The summed E-state index contributed by atoms with van der Waals surface area (Å²) in [5.41, 5.74) is 5.26. The highest BCUT2D eigenvalue weighted by Gasteiger charge is 2.28. The minimum Gasteiger partial charge on any atom is -0.497 e. The highest BCUT2D eigenvalue weighted by atomic mass is 16.5. The molecule has 0 radical (unpaired) electrons. The van der Waals surface area contributed by atoms with E-state index in [1.807, 2.05) is 42.5 Å². The zero-order valence-electron chi connectivity index (χ0n) is 18.6. The molecule has 1 aliphatic heterocycles. The van der Waals surface area contributed by atoms with Crippen molar-refractivity contribution in [1.29, 1.82) is 0 Å². The van der Waals surface area contributed by atoms with E-state index in [0.717, 1.165) is 39.5 Å². The van der Waals surface area contributed by atoms with Crippen LogP contribution in [0.15, 0.2) is 91.0 Å². The largest absolute Gasteiger partial charge is 0.497 e. The second-order valence-electron chi connectivity index (χ2n) is 7.76. The van der Waals surface area contributed by atoms with Crippen LogP contribution in [0.5, 0.6) is 11.5 Å². The van der Waals surface area contributed by atoms with Crippen molar-refractivity contribution in [1.82, 2.24) is 0 Å². The second kappa shape index (κ2) is 9.06. The third kappa shape index (κ3) is 4.24. The van der Waals surface area contributed by atoms with Crippen molar-refractivity contribution in [2.75, 3.05) is 24.7 Å². The summed E-state index contributed by atoms with van der Waals surface area (Å²) in [4.78, 5) is 0. The molecule has 1 heterocycles. The van der Waals surface area contributed by atoms with Crippen molar-refractivity contribution in [3.8, 4) is 23.3 Å². The maximum atomic E-state index is 5.35. The number of hydrogen-bond donors (Lipinski definition) is 2. The number of nitrogens with one attached hydrogen (secondary N) is 2. The summed E-state index contributed by atoms with van der Waals surface area (Å²) in [6.07, 6.45) is 1.98. The minimum absolute atomic E-state index is 0.135. The average molecular weight is 430 g/mol. The van der Waals surface area contributed by atoms with E-state index >= 15 is 0 Å². The molecular formula is C28H23BN2O2. The quantitative estimate of drug-likeness (QED) is 0.315. The Hall–Kier alpha value is -4.30. The van der Waals surface area contributed by atoms with Crippen LogP contribution in [0.2, 0.25) is 0 Å². The lowest BCUT2D eigenvalue weighted by Gasteiger charge is -2.28. The number of rotatable bonds is 4. The van der Waals surface area contributed by atoms with Gasteiger partial charge in [0.2, 0.25) is 0 Å². The molecule has 0 saturated heterocycles. The van der Waals surface area contributed by atoms with Crippen LogP contribution in [-0.4, -0.2) is 21.2 Å². The zero-order valence-corrected chi connectivity index (χ0v) is 18.6. The van der Waals surface area contributed by atoms with Crippen molar-refractivity contribution in [2.24, 2.45) is 0 Å². The summed E-state index contributed by atoms with van der Waals surface area (Å²) >= 11 is 0. The molecule has 1 aliphatic rings. The van der Waals surface area contributed by atoms with Crippen molar-refractivity contribution in [3.05, 3.63) is 102 Å². The molecule has 0 spiro atoms. The van der Waals surface area contributed by atoms with Gasteiger partial charge < -0.3 is 19.9 Å². The monoisotopic (exact) mass is 430 g/mol. The fourth-order valence-electron chi connectivity index (χ4n) is 4.07. The van der Waals surface area contributed by atoms with Crippen LogP contribution in [0.25, 0.3) is 16.2 Å². The van der Waals surface area contributed by atoms with Crippen LogP contribution in [0.4, 0.5) is 11.4 Å². The van der Waals surface area contributed by atoms with E-state index in [1.54, 1.807) is 14.2 Å². The molecule has 5 rings (SSSR count). The first-order valence-corrected chi connectivity index (χ1v) is 10.8. The zero-order chi connectivity index (χ0) is 22.6. The summed E-state index contributed by atoms with van der Waals surface area (Å²) in [6.45, 7) is -0.135. The third-order valence-corrected chi connectivity index (χ3v) is 5.77. The Labute approximate surface area is 194 Å². The van der Waals surface area contributed by atoms with Gasteiger partial charge in [-0.15, -0.1) is 0 Å². The maximum absolute atomic E-state index is 5.35. The standard InChI is InChI=1S/C28H23BN2O2/c1-32-23-16-12-20(13-17-23)6-3-9-25(21-14-18-24(33-2)19-15-21)29-30-26-10-4-7-22-8-5-11-27(31-29)28(22)26/h4-5,7-19,30-31H,1-2H3/b25-9+. The van der Waals surface area contributed by atoms with E-state index in [2.05, 4.69) is 70.8 Å². The molecule has 4 nitrogen and oxygen atoms in total. The van der Waals surface area contributed by atoms with E-state index in [-0.39, 0.29) is 6.98 Å². The van der Waals surface area contributed by atoms with Gasteiger partial charge in [0.05, 0.1) is 14.2 Å². The van der Waals surface area contributed by atoms with E-state index in [0.29, 0.717) is 0 Å². The van der Waals surface area contributed by atoms with Gasteiger partial charge in [0, 0.05) is 22.3 Å². The molecule has 33 heavy (non-hydrogen) atoms. The smallest absolute Gasteiger partial charge is 0.407 e. The summed E-state index contributed by atoms with van der Waals surface area (Å²) in [7, 11) is 3.33. The molecule has 0 aromatic heterocycles. The fraction of sp³-hybridized carbons (Fsp3) is 0.0714. The number of methoxy groups -OCH3 is 2. The van der Waals surface area contributed by atoms with E-state index < -0.39 is 0 Å². The molecule has 0 unspecified atom stereocenters. The van der Waals surface area contributed by atoms with Gasteiger partial charge in [-0.3, -0.25) is 0 Å². The van der Waals surface area contributed by atoms with Gasteiger partial charge in [0.15, 0.2) is 0 Å². The van der Waals surface area contributed by atoms with Crippen LogP contribution >= 0.6 is 0 Å². The number of allylic oxidation sites excluding steroid dienone is 1. The minimum atomic E-state index is -0.135. The SMILES string of the molecule is COc1ccc(C#C/C=C(/B2Nc3cccc4cccc(c34)N2)c2ccc(OC)cc2)cc1. The van der Waals surface area contributed by atoms with E-state index in [9.17, 15) is 0 Å². The summed E-state index contributed by atoms with van der Waals surface area (Å²) in [6, 6.07) is 28.5. The number of anilines is 2. The van der Waals surface area contributed by atoms with Gasteiger partial charge >= 0.3 is 6.98 Å². The van der Waals surface area contributed by atoms with Crippen molar-refractivity contribution >= 4 is 34.6 Å². The summed E-state index contributed by atoms with van der Waals surface area (Å²) < 4.78 is 10.6. The molecule has 0 atom stereocenters. The van der Waals surface area contributed by atoms with Gasteiger partial charge in [-0.2, -0.15) is 0 Å². The summed E-state index contributed by atoms with van der Waals surface area (Å²) in [5.74, 6) is 8.12. The number of ether oxygens (including phenoxy) is 2. The van der Waals surface area contributed by atoms with Crippen LogP contribution < -0.4 is 19.9 Å². The average Bonchev–Trinajstić information content (AvgIpc) is 2.87.